The van der Waals surface area contributed by atoms with Gasteiger partial charge in [0, 0.05) is 87.9 Å². The lowest BCUT2D eigenvalue weighted by Crippen LogP contribution is -2.18. The number of pyridine rings is 2. The molecule has 110 heavy (non-hydrogen) atoms. The minimum Gasteiger partial charge on any atom is -0.452 e. The average molecular weight is 1410 g/mol. The highest BCUT2D eigenvalue weighted by atomic mass is 16.3. The second kappa shape index (κ2) is 24.2. The first-order valence-corrected chi connectivity index (χ1v) is 36.7. The van der Waals surface area contributed by atoms with Crippen LogP contribution in [-0.2, 0) is 0 Å². The highest BCUT2D eigenvalue weighted by Gasteiger charge is 2.34. The van der Waals surface area contributed by atoms with E-state index in [9.17, 15) is 0 Å². The topological polar surface area (TPSA) is 141 Å². The van der Waals surface area contributed by atoms with Crippen molar-refractivity contribution in [1.29, 1.82) is 0 Å². The molecule has 2 aliphatic heterocycles. The SMILES string of the molecule is c1ccc(-c2cc(-c3ccc4c(c3)c3ccccc3n4-c3ccc(-c4ccc5c(c4)nc4c6c(cccc65)N(c5nc(-c6ccc(-c7nc(-c8ccccc8)nc(-c8ccccc8)n7)cc6)c6oc7ccccc7c6n5)c5ccccc5-4)cc3)nc(N3c4ccccc4-c4nc5ccccc5c5cccc3c45)n2)cc1. The van der Waals surface area contributed by atoms with Crippen molar-refractivity contribution in [2.45, 2.75) is 0 Å². The van der Waals surface area contributed by atoms with E-state index in [0.717, 1.165) is 183 Å². The van der Waals surface area contributed by atoms with Crippen LogP contribution >= 0.6 is 0 Å². The van der Waals surface area contributed by atoms with E-state index in [1.807, 2.05) is 97.1 Å². The van der Waals surface area contributed by atoms with Crippen LogP contribution in [0.15, 0.2) is 344 Å². The maximum Gasteiger partial charge on any atom is 0.236 e. The Kier molecular flexibility index (Phi) is 13.4. The van der Waals surface area contributed by atoms with Crippen LogP contribution in [0.3, 0.4) is 0 Å². The predicted octanol–water partition coefficient (Wildman–Crippen LogP) is 24.4. The summed E-state index contributed by atoms with van der Waals surface area (Å²) in [5.41, 5.74) is 24.7. The number of nitrogens with zero attached hydrogens (tertiary/aromatic N) is 12. The number of hydrogen-bond donors (Lipinski definition) is 0. The Morgan fingerprint density at radius 3 is 1.38 bits per heavy atom. The van der Waals surface area contributed by atoms with Gasteiger partial charge in [-0.15, -0.1) is 0 Å². The largest absolute Gasteiger partial charge is 0.452 e. The lowest BCUT2D eigenvalue weighted by atomic mass is 9.92. The van der Waals surface area contributed by atoms with Gasteiger partial charge in [0.05, 0.1) is 67.6 Å². The molecule has 21 aromatic rings. The van der Waals surface area contributed by atoms with Crippen LogP contribution in [0.2, 0.25) is 0 Å². The van der Waals surface area contributed by atoms with E-state index in [0.29, 0.717) is 46.2 Å². The van der Waals surface area contributed by atoms with Crippen molar-refractivity contribution in [3.63, 3.8) is 0 Å². The molecule has 13 heteroatoms. The Morgan fingerprint density at radius 2 is 0.718 bits per heavy atom. The van der Waals surface area contributed by atoms with Gasteiger partial charge in [-0.1, -0.05) is 255 Å². The Hall–Kier alpha value is -15.2. The molecular formula is C97H56N12O. The van der Waals surface area contributed by atoms with E-state index in [1.165, 1.54) is 0 Å². The van der Waals surface area contributed by atoms with Crippen molar-refractivity contribution in [1.82, 2.24) is 49.4 Å². The lowest BCUT2D eigenvalue weighted by molar-refractivity contribution is 0.667. The summed E-state index contributed by atoms with van der Waals surface area (Å²) in [4.78, 5) is 52.4. The van der Waals surface area contributed by atoms with Crippen LogP contribution in [0.25, 0.3) is 194 Å². The molecule has 0 unspecified atom stereocenters. The summed E-state index contributed by atoms with van der Waals surface area (Å²) >= 11 is 0. The summed E-state index contributed by atoms with van der Waals surface area (Å²) in [6.45, 7) is 0. The quantitative estimate of drug-likeness (QED) is 0.120. The summed E-state index contributed by atoms with van der Waals surface area (Å²) in [5.74, 6) is 2.83. The molecule has 0 amide bonds. The van der Waals surface area contributed by atoms with Crippen LogP contribution in [0.4, 0.5) is 34.6 Å². The third-order valence-electron chi connectivity index (χ3n) is 21.7. The maximum absolute atomic E-state index is 6.73. The third kappa shape index (κ3) is 9.57. The summed E-state index contributed by atoms with van der Waals surface area (Å²) in [6.07, 6.45) is 0. The van der Waals surface area contributed by atoms with Gasteiger partial charge >= 0.3 is 0 Å². The van der Waals surface area contributed by atoms with Crippen molar-refractivity contribution in [2.24, 2.45) is 0 Å². The zero-order valence-corrected chi connectivity index (χ0v) is 58.6. The summed E-state index contributed by atoms with van der Waals surface area (Å²) < 4.78 is 9.10. The first kappa shape index (κ1) is 61.1. The normalized spacial score (nSPS) is 12.3. The minimum atomic E-state index is 0.502. The number of para-hydroxylation sites is 5. The zero-order valence-electron chi connectivity index (χ0n) is 58.6. The second-order valence-corrected chi connectivity index (χ2v) is 28.0. The lowest BCUT2D eigenvalue weighted by Gasteiger charge is -2.32. The average Bonchev–Trinajstić information content (AvgIpc) is 0.780. The molecule has 7 aromatic heterocycles. The zero-order chi connectivity index (χ0) is 72.1. The Bertz CT molecular complexity index is 7350. The van der Waals surface area contributed by atoms with Gasteiger partial charge in [0.1, 0.15) is 16.8 Å². The standard InChI is InChI=1S/C97H56N12O/c1-4-22-58(23-5-1)76-56-77(101-96(100-76)108-80-37-17-12-30-71(80)89-86-69(33-20-39-83(86)108)66-28-10-15-35-75(66)98-89)64-49-53-82-74(54-64)68-29-11-16-36-79(68)107(82)65-50-46-57(47-51-65)63-48-52-67-70-34-21-40-84-87(70)90(99-78(67)55-63)72-31-13-18-38-81(72)109(84)97-102-88(92-91(103-97)73-32-14-19-41-85(73)110-92)59-42-44-62(45-43-59)95-105-93(60-24-6-2-7-25-60)104-94(106-95)61-26-8-3-9-27-61/h1-56H. The number of hydrogen-bond acceptors (Lipinski definition) is 12. The van der Waals surface area contributed by atoms with E-state index < -0.39 is 0 Å². The number of furan rings is 1. The van der Waals surface area contributed by atoms with E-state index in [1.54, 1.807) is 0 Å². The fourth-order valence-corrected chi connectivity index (χ4v) is 16.6. The molecule has 0 atom stereocenters. The highest BCUT2D eigenvalue weighted by molar-refractivity contribution is 6.22. The Labute approximate surface area is 628 Å². The molecule has 23 rings (SSSR count). The molecule has 0 N–H and O–H groups in total. The van der Waals surface area contributed by atoms with Gasteiger partial charge in [0.15, 0.2) is 23.1 Å². The Morgan fingerprint density at radius 1 is 0.245 bits per heavy atom. The monoisotopic (exact) mass is 1400 g/mol. The highest BCUT2D eigenvalue weighted by Crippen LogP contribution is 2.54. The van der Waals surface area contributed by atoms with Crippen molar-refractivity contribution in [3.05, 3.63) is 340 Å². The van der Waals surface area contributed by atoms with Crippen molar-refractivity contribution >= 4 is 122 Å². The van der Waals surface area contributed by atoms with Gasteiger partial charge in [-0.3, -0.25) is 9.80 Å². The molecule has 510 valence electrons. The smallest absolute Gasteiger partial charge is 0.236 e. The van der Waals surface area contributed by atoms with Crippen LogP contribution in [0.1, 0.15) is 0 Å². The van der Waals surface area contributed by atoms with Crippen molar-refractivity contribution < 1.29 is 4.42 Å². The molecule has 9 heterocycles. The number of aromatic nitrogens is 10. The van der Waals surface area contributed by atoms with Gasteiger partial charge < -0.3 is 8.98 Å². The number of rotatable bonds is 10. The van der Waals surface area contributed by atoms with Gasteiger partial charge in [-0.05, 0) is 107 Å². The predicted molar refractivity (Wildman–Crippen MR) is 444 cm³/mol. The molecule has 0 aliphatic carbocycles. The molecule has 13 nitrogen and oxygen atoms in total. The van der Waals surface area contributed by atoms with Crippen molar-refractivity contribution in [3.8, 4) is 107 Å². The fourth-order valence-electron chi connectivity index (χ4n) is 16.6. The Balaban J connectivity index is 0.599. The van der Waals surface area contributed by atoms with Crippen molar-refractivity contribution in [2.75, 3.05) is 9.80 Å². The summed E-state index contributed by atoms with van der Waals surface area (Å²) in [7, 11) is 0. The van der Waals surface area contributed by atoms with Gasteiger partial charge in [-0.2, -0.15) is 0 Å². The molecule has 0 bridgehead atoms. The molecule has 0 radical (unpaired) electrons. The fraction of sp³-hybridized carbons (Fsp3) is 0. The van der Waals surface area contributed by atoms with E-state index in [4.69, 9.17) is 49.3 Å². The molecule has 0 saturated heterocycles. The summed E-state index contributed by atoms with van der Waals surface area (Å²) in [5, 5.41) is 9.61. The van der Waals surface area contributed by atoms with Crippen LogP contribution in [-0.4, -0.2) is 49.4 Å². The maximum atomic E-state index is 6.73. The van der Waals surface area contributed by atoms with Gasteiger partial charge in [-0.25, -0.2) is 44.9 Å². The third-order valence-corrected chi connectivity index (χ3v) is 21.7. The second-order valence-electron chi connectivity index (χ2n) is 28.0. The van der Waals surface area contributed by atoms with E-state index >= 15 is 0 Å². The van der Waals surface area contributed by atoms with E-state index in [-0.39, 0.29) is 0 Å². The molecule has 14 aromatic carbocycles. The van der Waals surface area contributed by atoms with E-state index in [2.05, 4.69) is 257 Å². The first-order valence-electron chi connectivity index (χ1n) is 36.7. The molecular weight excluding hydrogens is 1350 g/mol. The van der Waals surface area contributed by atoms with Crippen LogP contribution < -0.4 is 9.80 Å². The molecule has 0 saturated carbocycles. The molecule has 0 spiro atoms. The van der Waals surface area contributed by atoms with Gasteiger partial charge in [0.2, 0.25) is 11.9 Å². The first-order chi connectivity index (χ1) is 54.5. The van der Waals surface area contributed by atoms with Crippen LogP contribution in [0.5, 0.6) is 0 Å². The summed E-state index contributed by atoms with van der Waals surface area (Å²) in [6, 6.07) is 118. The molecule has 0 fully saturated rings. The minimum absolute atomic E-state index is 0.502. The van der Waals surface area contributed by atoms with Crippen LogP contribution in [0, 0.1) is 0 Å². The van der Waals surface area contributed by atoms with Gasteiger partial charge in [0.25, 0.3) is 0 Å². The number of fused-ring (bicyclic) bond motifs is 14. The number of benzene rings is 14. The molecule has 2 aliphatic rings. The number of anilines is 6.